The summed E-state index contributed by atoms with van der Waals surface area (Å²) in [6.45, 7) is 5.13. The Hall–Kier alpha value is -0.860. The van der Waals surface area contributed by atoms with Gasteiger partial charge in [-0.25, -0.2) is 0 Å². The van der Waals surface area contributed by atoms with Gasteiger partial charge >= 0.3 is 0 Å². The molecule has 1 aromatic rings. The van der Waals surface area contributed by atoms with Crippen LogP contribution >= 0.6 is 0 Å². The molecule has 0 fully saturated rings. The molecule has 0 aliphatic rings. The molecule has 0 aromatic heterocycles. The quantitative estimate of drug-likeness (QED) is 0.801. The highest BCUT2D eigenvalue weighted by Gasteiger charge is 2.09. The lowest BCUT2D eigenvalue weighted by atomic mass is 9.99. The van der Waals surface area contributed by atoms with Gasteiger partial charge in [-0.2, -0.15) is 0 Å². The molecule has 1 aromatic carbocycles. The van der Waals surface area contributed by atoms with E-state index in [2.05, 4.69) is 38.1 Å². The Kier molecular flexibility index (Phi) is 5.50. The van der Waals surface area contributed by atoms with Crippen molar-refractivity contribution in [1.82, 2.24) is 0 Å². The largest absolute Gasteiger partial charge is 0.377 e. The van der Waals surface area contributed by atoms with Gasteiger partial charge in [0.25, 0.3) is 0 Å². The summed E-state index contributed by atoms with van der Waals surface area (Å²) in [6.07, 6.45) is 2.15. The van der Waals surface area contributed by atoms with E-state index < -0.39 is 0 Å². The molecule has 1 atom stereocenters. The first kappa shape index (κ1) is 13.2. The maximum absolute atomic E-state index is 5.56. The number of methoxy groups -OCH3 is 1. The minimum absolute atomic E-state index is 0.137. The van der Waals surface area contributed by atoms with Gasteiger partial charge in [0.1, 0.15) is 0 Å². The van der Waals surface area contributed by atoms with Crippen LogP contribution in [0, 0.1) is 5.92 Å². The summed E-state index contributed by atoms with van der Waals surface area (Å²) in [5, 5.41) is 0. The third-order valence-corrected chi connectivity index (χ3v) is 2.71. The zero-order valence-corrected chi connectivity index (χ0v) is 10.6. The fraction of sp³-hybridized carbons (Fsp3) is 0.571. The summed E-state index contributed by atoms with van der Waals surface area (Å²) in [4.78, 5) is 0. The van der Waals surface area contributed by atoms with Crippen LogP contribution in [0.2, 0.25) is 0 Å². The lowest BCUT2D eigenvalue weighted by molar-refractivity contribution is 0.0978. The Morgan fingerprint density at radius 3 is 2.25 bits per heavy atom. The van der Waals surface area contributed by atoms with Crippen LogP contribution in [0.5, 0.6) is 0 Å². The van der Waals surface area contributed by atoms with E-state index in [0.717, 1.165) is 12.8 Å². The van der Waals surface area contributed by atoms with Crippen LogP contribution in [0.4, 0.5) is 0 Å². The minimum Gasteiger partial charge on any atom is -0.377 e. The number of hydrogen-bond acceptors (Lipinski definition) is 2. The van der Waals surface area contributed by atoms with Crippen molar-refractivity contribution in [3.63, 3.8) is 0 Å². The zero-order chi connectivity index (χ0) is 12.0. The summed E-state index contributed by atoms with van der Waals surface area (Å²) in [6, 6.07) is 8.69. The summed E-state index contributed by atoms with van der Waals surface area (Å²) in [5.74, 6) is 0.702. The molecule has 0 aliphatic heterocycles. The van der Waals surface area contributed by atoms with E-state index in [1.54, 1.807) is 7.11 Å². The lowest BCUT2D eigenvalue weighted by Gasteiger charge is -2.15. The van der Waals surface area contributed by atoms with Crippen LogP contribution in [-0.4, -0.2) is 13.7 Å². The molecule has 0 saturated heterocycles. The van der Waals surface area contributed by atoms with Crippen LogP contribution in [0.25, 0.3) is 0 Å². The van der Waals surface area contributed by atoms with Crippen molar-refractivity contribution in [2.75, 3.05) is 13.7 Å². The van der Waals surface area contributed by atoms with E-state index in [1.807, 2.05) is 0 Å². The number of hydrogen-bond donors (Lipinski definition) is 1. The molecule has 90 valence electrons. The second kappa shape index (κ2) is 6.66. The van der Waals surface area contributed by atoms with Crippen molar-refractivity contribution in [1.29, 1.82) is 0 Å². The van der Waals surface area contributed by atoms with Crippen molar-refractivity contribution in [2.24, 2.45) is 11.7 Å². The maximum atomic E-state index is 5.56. The van der Waals surface area contributed by atoms with Crippen LogP contribution in [-0.2, 0) is 11.2 Å². The van der Waals surface area contributed by atoms with Gasteiger partial charge in [0.05, 0.1) is 6.10 Å². The van der Waals surface area contributed by atoms with E-state index in [9.17, 15) is 0 Å². The molecular weight excluding hydrogens is 198 g/mol. The van der Waals surface area contributed by atoms with Gasteiger partial charge in [-0.3, -0.25) is 0 Å². The van der Waals surface area contributed by atoms with Gasteiger partial charge in [-0.1, -0.05) is 38.1 Å². The monoisotopic (exact) mass is 221 g/mol. The first-order valence-corrected chi connectivity index (χ1v) is 5.99. The van der Waals surface area contributed by atoms with Gasteiger partial charge in [0.2, 0.25) is 0 Å². The predicted octanol–water partition coefficient (Wildman–Crippen LogP) is 2.92. The normalized spacial score (nSPS) is 13.1. The van der Waals surface area contributed by atoms with Crippen molar-refractivity contribution >= 4 is 0 Å². The van der Waals surface area contributed by atoms with Gasteiger partial charge in [0.15, 0.2) is 0 Å². The summed E-state index contributed by atoms with van der Waals surface area (Å²) in [5.41, 5.74) is 8.17. The third kappa shape index (κ3) is 3.95. The molecule has 0 bridgehead atoms. The minimum atomic E-state index is 0.137. The Bertz CT molecular complexity index is 292. The smallest absolute Gasteiger partial charge is 0.0833 e. The fourth-order valence-electron chi connectivity index (χ4n) is 1.91. The second-order valence-electron chi connectivity index (χ2n) is 4.64. The molecule has 0 saturated carbocycles. The molecule has 0 radical (unpaired) electrons. The Labute approximate surface area is 98.8 Å². The third-order valence-electron chi connectivity index (χ3n) is 2.71. The maximum Gasteiger partial charge on any atom is 0.0833 e. The van der Waals surface area contributed by atoms with Gasteiger partial charge in [-0.05, 0) is 36.4 Å². The fourth-order valence-corrected chi connectivity index (χ4v) is 1.91. The number of nitrogens with two attached hydrogens (primary N) is 1. The highest BCUT2D eigenvalue weighted by molar-refractivity contribution is 5.24. The molecule has 1 rings (SSSR count). The number of ether oxygens (including phenoxy) is 1. The van der Waals surface area contributed by atoms with Crippen molar-refractivity contribution in [3.8, 4) is 0 Å². The van der Waals surface area contributed by atoms with E-state index in [-0.39, 0.29) is 6.10 Å². The molecule has 16 heavy (non-hydrogen) atoms. The van der Waals surface area contributed by atoms with Gasteiger partial charge < -0.3 is 10.5 Å². The Morgan fingerprint density at radius 1 is 1.19 bits per heavy atom. The van der Waals surface area contributed by atoms with Crippen LogP contribution < -0.4 is 5.73 Å². The summed E-state index contributed by atoms with van der Waals surface area (Å²) < 4.78 is 5.42. The molecule has 2 heteroatoms. The second-order valence-corrected chi connectivity index (χ2v) is 4.64. The molecule has 0 heterocycles. The lowest BCUT2D eigenvalue weighted by Crippen LogP contribution is -2.09. The Balaban J connectivity index is 2.69. The predicted molar refractivity (Wildman–Crippen MR) is 68.4 cm³/mol. The van der Waals surface area contributed by atoms with Crippen molar-refractivity contribution in [2.45, 2.75) is 32.8 Å². The van der Waals surface area contributed by atoms with Gasteiger partial charge in [-0.15, -0.1) is 0 Å². The average Bonchev–Trinajstić information content (AvgIpc) is 2.26. The number of rotatable bonds is 6. The molecule has 0 amide bonds. The average molecular weight is 221 g/mol. The zero-order valence-electron chi connectivity index (χ0n) is 10.6. The van der Waals surface area contributed by atoms with E-state index >= 15 is 0 Å². The molecule has 1 unspecified atom stereocenters. The number of benzene rings is 1. The summed E-state index contributed by atoms with van der Waals surface area (Å²) in [7, 11) is 1.74. The highest BCUT2D eigenvalue weighted by Crippen LogP contribution is 2.20. The standard InChI is InChI=1S/C14H23NO/c1-11(2)10-12-4-6-13(7-5-12)14(16-3)8-9-15/h4-7,11,14H,8-10,15H2,1-3H3. The van der Waals surface area contributed by atoms with E-state index in [0.29, 0.717) is 12.5 Å². The van der Waals surface area contributed by atoms with Crippen molar-refractivity contribution < 1.29 is 4.74 Å². The van der Waals surface area contributed by atoms with Crippen LogP contribution in [0.3, 0.4) is 0 Å². The molecule has 2 nitrogen and oxygen atoms in total. The topological polar surface area (TPSA) is 35.2 Å². The highest BCUT2D eigenvalue weighted by atomic mass is 16.5. The van der Waals surface area contributed by atoms with Crippen LogP contribution in [0.15, 0.2) is 24.3 Å². The molecular formula is C14H23NO. The van der Waals surface area contributed by atoms with E-state index in [1.165, 1.54) is 11.1 Å². The Morgan fingerprint density at radius 2 is 1.81 bits per heavy atom. The summed E-state index contributed by atoms with van der Waals surface area (Å²) >= 11 is 0. The first-order chi connectivity index (χ1) is 7.67. The van der Waals surface area contributed by atoms with E-state index in [4.69, 9.17) is 10.5 Å². The molecule has 0 aliphatic carbocycles. The van der Waals surface area contributed by atoms with Crippen molar-refractivity contribution in [3.05, 3.63) is 35.4 Å². The SMILES string of the molecule is COC(CCN)c1ccc(CC(C)C)cc1. The molecule has 2 N–H and O–H groups in total. The van der Waals surface area contributed by atoms with Gasteiger partial charge in [0, 0.05) is 7.11 Å². The first-order valence-electron chi connectivity index (χ1n) is 5.99. The van der Waals surface area contributed by atoms with Crippen LogP contribution in [0.1, 0.15) is 37.5 Å². The molecule has 0 spiro atoms.